The molecule has 11 heavy (non-hydrogen) atoms. The molecule has 0 heterocycles. The lowest BCUT2D eigenvalue weighted by Crippen LogP contribution is -2.26. The third kappa shape index (κ3) is 2.19. The Morgan fingerprint density at radius 1 is 1.36 bits per heavy atom. The first-order chi connectivity index (χ1) is 5.11. The summed E-state index contributed by atoms with van der Waals surface area (Å²) < 4.78 is 14.1. The lowest BCUT2D eigenvalue weighted by atomic mass is 9.49. The van der Waals surface area contributed by atoms with Crippen molar-refractivity contribution in [2.24, 2.45) is 0 Å². The second-order valence-corrected chi connectivity index (χ2v) is 4.07. The molecular weight excluding hydrogens is 253 g/mol. The third-order valence-electron chi connectivity index (χ3n) is 1.58. The monoisotopic (exact) mass is 262 g/mol. The highest BCUT2D eigenvalue weighted by molar-refractivity contribution is 14.1. The molecule has 0 aliphatic heterocycles. The molecule has 0 spiro atoms. The fourth-order valence-electron chi connectivity index (χ4n) is 0.957. The van der Waals surface area contributed by atoms with E-state index in [0.717, 1.165) is 9.03 Å². The van der Waals surface area contributed by atoms with E-state index in [1.165, 1.54) is 6.07 Å². The Hall–Kier alpha value is -0.0551. The lowest BCUT2D eigenvalue weighted by molar-refractivity contribution is 0.635. The number of hydrogen-bond acceptors (Lipinski definition) is 0. The maximum absolute atomic E-state index is 13.0. The molecule has 1 aromatic rings. The zero-order valence-corrected chi connectivity index (χ0v) is 8.72. The minimum Gasteiger partial charge on any atom is -0.208 e. The van der Waals surface area contributed by atoms with Crippen LogP contribution in [-0.2, 0) is 0 Å². The molecule has 58 valence electrons. The number of benzene rings is 1. The molecule has 0 radical (unpaired) electrons. The fraction of sp³-hybridized carbons (Fsp3) is 0.250. The van der Waals surface area contributed by atoms with Gasteiger partial charge in [0.25, 0.3) is 0 Å². The highest BCUT2D eigenvalue weighted by Crippen LogP contribution is 2.04. The van der Waals surface area contributed by atoms with Crippen molar-refractivity contribution in [1.29, 1.82) is 0 Å². The van der Waals surface area contributed by atoms with Gasteiger partial charge in [-0.25, -0.2) is 4.39 Å². The molecule has 0 fully saturated rings. The molecule has 0 saturated heterocycles. The second-order valence-electron chi connectivity index (χ2n) is 2.82. The standard InChI is InChI=1S/C8H9BFI/c1-9(2)7-5-6(11)3-4-8(7)10/h3-5H,1-2H3. The van der Waals surface area contributed by atoms with Crippen LogP contribution in [0.1, 0.15) is 0 Å². The van der Waals surface area contributed by atoms with Gasteiger partial charge < -0.3 is 0 Å². The van der Waals surface area contributed by atoms with Gasteiger partial charge in [0, 0.05) is 3.57 Å². The van der Waals surface area contributed by atoms with Gasteiger partial charge in [0.15, 0.2) is 6.71 Å². The third-order valence-corrected chi connectivity index (χ3v) is 2.25. The Morgan fingerprint density at radius 2 is 2.00 bits per heavy atom. The predicted octanol–water partition coefficient (Wildman–Crippen LogP) is 2.39. The van der Waals surface area contributed by atoms with Gasteiger partial charge in [-0.3, -0.25) is 0 Å². The molecule has 0 saturated carbocycles. The SMILES string of the molecule is CB(C)c1cc(I)ccc1F. The van der Waals surface area contributed by atoms with Crippen LogP contribution in [0.25, 0.3) is 0 Å². The first kappa shape index (κ1) is 9.04. The molecule has 0 bridgehead atoms. The molecule has 0 aliphatic rings. The Morgan fingerprint density at radius 3 is 2.45 bits per heavy atom. The first-order valence-electron chi connectivity index (χ1n) is 3.56. The van der Waals surface area contributed by atoms with Gasteiger partial charge in [0.2, 0.25) is 0 Å². The van der Waals surface area contributed by atoms with Crippen LogP contribution in [0.2, 0.25) is 13.6 Å². The van der Waals surface area contributed by atoms with E-state index >= 15 is 0 Å². The van der Waals surface area contributed by atoms with E-state index in [0.29, 0.717) is 0 Å². The molecular formula is C8H9BFI. The summed E-state index contributed by atoms with van der Waals surface area (Å²) in [5.41, 5.74) is 0.803. The van der Waals surface area contributed by atoms with Crippen LogP contribution in [-0.4, -0.2) is 6.71 Å². The predicted molar refractivity (Wildman–Crippen MR) is 56.2 cm³/mol. The van der Waals surface area contributed by atoms with Crippen molar-refractivity contribution in [1.82, 2.24) is 0 Å². The summed E-state index contributed by atoms with van der Waals surface area (Å²) >= 11 is 2.19. The maximum atomic E-state index is 13.0. The van der Waals surface area contributed by atoms with E-state index in [2.05, 4.69) is 22.6 Å². The van der Waals surface area contributed by atoms with Crippen molar-refractivity contribution in [3.05, 3.63) is 27.6 Å². The van der Waals surface area contributed by atoms with E-state index in [4.69, 9.17) is 0 Å². The van der Waals surface area contributed by atoms with Crippen LogP contribution in [0.5, 0.6) is 0 Å². The van der Waals surface area contributed by atoms with Crippen LogP contribution in [0.4, 0.5) is 4.39 Å². The van der Waals surface area contributed by atoms with Gasteiger partial charge >= 0.3 is 0 Å². The highest BCUT2D eigenvalue weighted by Gasteiger charge is 2.08. The fourth-order valence-corrected chi connectivity index (χ4v) is 1.47. The number of halogens is 2. The minimum absolute atomic E-state index is 0.0968. The topological polar surface area (TPSA) is 0 Å². The molecule has 0 aromatic heterocycles. The van der Waals surface area contributed by atoms with Crippen molar-refractivity contribution in [2.75, 3.05) is 0 Å². The van der Waals surface area contributed by atoms with Crippen LogP contribution >= 0.6 is 22.6 Å². The molecule has 1 aromatic carbocycles. The van der Waals surface area contributed by atoms with Gasteiger partial charge in [-0.05, 0) is 40.2 Å². The van der Waals surface area contributed by atoms with Gasteiger partial charge in [0.05, 0.1) is 0 Å². The lowest BCUT2D eigenvalue weighted by Gasteiger charge is -2.03. The van der Waals surface area contributed by atoms with Crippen molar-refractivity contribution in [2.45, 2.75) is 13.6 Å². The zero-order valence-electron chi connectivity index (χ0n) is 6.57. The Balaban J connectivity index is 3.13. The summed E-state index contributed by atoms with van der Waals surface area (Å²) in [5.74, 6) is -0.0968. The average molecular weight is 262 g/mol. The van der Waals surface area contributed by atoms with Gasteiger partial charge in [-0.1, -0.05) is 19.7 Å². The highest BCUT2D eigenvalue weighted by atomic mass is 127. The van der Waals surface area contributed by atoms with Gasteiger partial charge in [-0.2, -0.15) is 0 Å². The van der Waals surface area contributed by atoms with E-state index in [1.54, 1.807) is 6.07 Å². The summed E-state index contributed by atoms with van der Waals surface area (Å²) in [6.45, 7) is 4.26. The quantitative estimate of drug-likeness (QED) is 0.538. The molecule has 0 unspecified atom stereocenters. The van der Waals surface area contributed by atoms with Crippen LogP contribution in [0, 0.1) is 9.39 Å². The molecule has 0 N–H and O–H groups in total. The van der Waals surface area contributed by atoms with Crippen LogP contribution in [0.3, 0.4) is 0 Å². The molecule has 0 aliphatic carbocycles. The molecule has 1 rings (SSSR count). The summed E-state index contributed by atoms with van der Waals surface area (Å²) in [6.07, 6.45) is 0. The maximum Gasteiger partial charge on any atom is 0.173 e. The Labute approximate surface area is 80.4 Å². The molecule has 0 nitrogen and oxygen atoms in total. The zero-order chi connectivity index (χ0) is 8.43. The Bertz CT molecular complexity index is 260. The summed E-state index contributed by atoms with van der Waals surface area (Å²) in [7, 11) is 0. The number of rotatable bonds is 1. The molecule has 3 heteroatoms. The average Bonchev–Trinajstić information content (AvgIpc) is 1.94. The van der Waals surface area contributed by atoms with E-state index in [1.807, 2.05) is 19.7 Å². The van der Waals surface area contributed by atoms with E-state index < -0.39 is 0 Å². The van der Waals surface area contributed by atoms with E-state index in [-0.39, 0.29) is 12.5 Å². The van der Waals surface area contributed by atoms with Crippen molar-refractivity contribution in [3.8, 4) is 0 Å². The smallest absolute Gasteiger partial charge is 0.173 e. The Kier molecular flexibility index (Phi) is 2.93. The van der Waals surface area contributed by atoms with Crippen LogP contribution in [0.15, 0.2) is 18.2 Å². The summed E-state index contributed by atoms with van der Waals surface area (Å²) in [4.78, 5) is 0. The van der Waals surface area contributed by atoms with Crippen molar-refractivity contribution in [3.63, 3.8) is 0 Å². The van der Waals surface area contributed by atoms with E-state index in [9.17, 15) is 4.39 Å². The number of hydrogen-bond donors (Lipinski definition) is 0. The summed E-state index contributed by atoms with van der Waals surface area (Å²) in [5, 5.41) is 0. The first-order valence-corrected chi connectivity index (χ1v) is 4.64. The van der Waals surface area contributed by atoms with Crippen LogP contribution < -0.4 is 5.46 Å². The summed E-state index contributed by atoms with van der Waals surface area (Å²) in [6, 6.07) is 5.19. The molecule has 0 amide bonds. The van der Waals surface area contributed by atoms with Crippen molar-refractivity contribution < 1.29 is 4.39 Å². The largest absolute Gasteiger partial charge is 0.208 e. The minimum atomic E-state index is -0.0968. The second kappa shape index (κ2) is 3.56. The molecule has 0 atom stereocenters. The van der Waals surface area contributed by atoms with Gasteiger partial charge in [-0.15, -0.1) is 0 Å². The normalized spacial score (nSPS) is 9.82. The van der Waals surface area contributed by atoms with Crippen molar-refractivity contribution >= 4 is 34.8 Å². The van der Waals surface area contributed by atoms with Gasteiger partial charge in [0.1, 0.15) is 5.82 Å².